The molecule has 3 nitrogen and oxygen atoms in total. The molecule has 4 heteroatoms. The first-order valence-corrected chi connectivity index (χ1v) is 4.80. The highest BCUT2D eigenvalue weighted by Crippen LogP contribution is 1.97. The summed E-state index contributed by atoms with van der Waals surface area (Å²) in [5.41, 5.74) is 0.896. The molecule has 0 radical (unpaired) electrons. The molecule has 0 aliphatic heterocycles. The third-order valence-electron chi connectivity index (χ3n) is 1.62. The molecule has 0 aliphatic carbocycles. The summed E-state index contributed by atoms with van der Waals surface area (Å²) in [5, 5.41) is 3.17. The molecule has 1 heterocycles. The van der Waals surface area contributed by atoms with Gasteiger partial charge in [-0.3, -0.25) is 0 Å². The lowest BCUT2D eigenvalue weighted by Gasteiger charge is -2.07. The molecule has 1 aromatic heterocycles. The van der Waals surface area contributed by atoms with Gasteiger partial charge in [-0.25, -0.2) is 4.98 Å². The number of aryl methyl sites for hydroxylation is 1. The highest BCUT2D eigenvalue weighted by atomic mass is 32.1. The van der Waals surface area contributed by atoms with Gasteiger partial charge in [0.1, 0.15) is 10.8 Å². The number of aromatic nitrogens is 2. The largest absolute Gasteiger partial charge is 0.374 e. The van der Waals surface area contributed by atoms with E-state index in [-0.39, 0.29) is 0 Å². The van der Waals surface area contributed by atoms with Crippen LogP contribution < -0.4 is 5.32 Å². The van der Waals surface area contributed by atoms with Gasteiger partial charge >= 0.3 is 0 Å². The van der Waals surface area contributed by atoms with Crippen LogP contribution >= 0.6 is 12.2 Å². The third-order valence-corrected chi connectivity index (χ3v) is 1.98. The Bertz CT molecular complexity index is 291. The summed E-state index contributed by atoms with van der Waals surface area (Å²) in [7, 11) is 0. The number of hydrogen-bond acceptors (Lipinski definition) is 2. The Morgan fingerprint density at radius 2 is 2.38 bits per heavy atom. The van der Waals surface area contributed by atoms with Crippen LogP contribution in [0.2, 0.25) is 0 Å². The quantitative estimate of drug-likeness (QED) is 0.724. The molecule has 0 saturated carbocycles. The van der Waals surface area contributed by atoms with Crippen molar-refractivity contribution in [2.75, 3.05) is 6.54 Å². The fourth-order valence-corrected chi connectivity index (χ4v) is 1.12. The summed E-state index contributed by atoms with van der Waals surface area (Å²) in [5.74, 6) is 1.49. The van der Waals surface area contributed by atoms with Crippen molar-refractivity contribution in [2.24, 2.45) is 5.92 Å². The number of imidazole rings is 1. The van der Waals surface area contributed by atoms with E-state index in [4.69, 9.17) is 12.2 Å². The molecular weight excluding hydrogens is 182 g/mol. The molecule has 72 valence electrons. The molecule has 0 atom stereocenters. The lowest BCUT2D eigenvalue weighted by Crippen LogP contribution is -2.26. The first-order chi connectivity index (χ1) is 6.09. The topological polar surface area (TPSA) is 40.7 Å². The van der Waals surface area contributed by atoms with Gasteiger partial charge in [0, 0.05) is 6.54 Å². The lowest BCUT2D eigenvalue weighted by molar-refractivity contribution is 0.627. The van der Waals surface area contributed by atoms with Crippen LogP contribution in [0.1, 0.15) is 25.4 Å². The summed E-state index contributed by atoms with van der Waals surface area (Å²) in [6.07, 6.45) is 1.75. The van der Waals surface area contributed by atoms with Gasteiger partial charge < -0.3 is 10.3 Å². The van der Waals surface area contributed by atoms with Crippen LogP contribution in [0.4, 0.5) is 0 Å². The van der Waals surface area contributed by atoms with E-state index in [0.29, 0.717) is 5.92 Å². The molecular formula is C9H15N3S. The van der Waals surface area contributed by atoms with Gasteiger partial charge in [-0.2, -0.15) is 0 Å². The van der Waals surface area contributed by atoms with Gasteiger partial charge in [-0.15, -0.1) is 0 Å². The van der Waals surface area contributed by atoms with Gasteiger partial charge in [0.25, 0.3) is 0 Å². The van der Waals surface area contributed by atoms with Gasteiger partial charge in [0.05, 0.1) is 11.9 Å². The molecule has 2 N–H and O–H groups in total. The monoisotopic (exact) mass is 197 g/mol. The Morgan fingerprint density at radius 1 is 1.69 bits per heavy atom. The first kappa shape index (κ1) is 10.2. The molecule has 1 aromatic rings. The summed E-state index contributed by atoms with van der Waals surface area (Å²) in [6.45, 7) is 7.10. The Kier molecular flexibility index (Phi) is 3.42. The number of hydrogen-bond donors (Lipinski definition) is 2. The first-order valence-electron chi connectivity index (χ1n) is 4.39. The van der Waals surface area contributed by atoms with Crippen molar-refractivity contribution >= 4 is 17.2 Å². The summed E-state index contributed by atoms with van der Waals surface area (Å²) >= 11 is 5.17. The van der Waals surface area contributed by atoms with E-state index >= 15 is 0 Å². The number of aromatic amines is 1. The minimum atomic E-state index is 0.599. The van der Waals surface area contributed by atoms with Crippen molar-refractivity contribution in [3.8, 4) is 0 Å². The molecule has 0 aliphatic rings. The van der Waals surface area contributed by atoms with Crippen LogP contribution in [0.3, 0.4) is 0 Å². The zero-order valence-electron chi connectivity index (χ0n) is 8.22. The number of nitrogens with one attached hydrogen (secondary N) is 2. The number of H-pyrrole nitrogens is 1. The fraction of sp³-hybridized carbons (Fsp3) is 0.556. The zero-order chi connectivity index (χ0) is 9.84. The second kappa shape index (κ2) is 4.37. The van der Waals surface area contributed by atoms with Crippen molar-refractivity contribution in [1.82, 2.24) is 15.3 Å². The summed E-state index contributed by atoms with van der Waals surface area (Å²) in [6, 6.07) is 0. The van der Waals surface area contributed by atoms with Crippen molar-refractivity contribution in [3.63, 3.8) is 0 Å². The predicted molar refractivity (Wildman–Crippen MR) is 57.9 cm³/mol. The average molecular weight is 197 g/mol. The number of rotatable bonds is 3. The Balaban J connectivity index is 2.49. The number of nitrogens with zero attached hydrogens (tertiary/aromatic N) is 1. The van der Waals surface area contributed by atoms with Gasteiger partial charge in [0.15, 0.2) is 0 Å². The minimum absolute atomic E-state index is 0.599. The van der Waals surface area contributed by atoms with Crippen LogP contribution in [0.15, 0.2) is 6.20 Å². The van der Waals surface area contributed by atoms with Gasteiger partial charge in [-0.05, 0) is 12.8 Å². The fourth-order valence-electron chi connectivity index (χ4n) is 0.928. The predicted octanol–water partition coefficient (Wildman–Crippen LogP) is 1.64. The maximum Gasteiger partial charge on any atom is 0.124 e. The summed E-state index contributed by atoms with van der Waals surface area (Å²) in [4.78, 5) is 7.91. The normalized spacial score (nSPS) is 10.5. The van der Waals surface area contributed by atoms with Crippen molar-refractivity contribution < 1.29 is 0 Å². The molecule has 0 unspecified atom stereocenters. The smallest absolute Gasteiger partial charge is 0.124 e. The molecule has 0 spiro atoms. The van der Waals surface area contributed by atoms with E-state index in [9.17, 15) is 0 Å². The Morgan fingerprint density at radius 3 is 2.85 bits per heavy atom. The minimum Gasteiger partial charge on any atom is -0.374 e. The van der Waals surface area contributed by atoms with Crippen molar-refractivity contribution in [1.29, 1.82) is 0 Å². The highest BCUT2D eigenvalue weighted by Gasteiger charge is 2.03. The van der Waals surface area contributed by atoms with Gasteiger partial charge in [0.2, 0.25) is 0 Å². The van der Waals surface area contributed by atoms with E-state index in [0.717, 1.165) is 23.1 Å². The molecule has 0 bridgehead atoms. The maximum absolute atomic E-state index is 5.17. The Hall–Kier alpha value is -0.900. The Labute approximate surface area is 84.0 Å². The van der Waals surface area contributed by atoms with Gasteiger partial charge in [-0.1, -0.05) is 26.1 Å². The SMILES string of the molecule is Cc1ncc(C(=S)NCC(C)C)[nH]1. The second-order valence-electron chi connectivity index (χ2n) is 3.49. The standard InChI is InChI=1S/C9H15N3S/c1-6(2)4-11-9(13)8-5-10-7(3)12-8/h5-6H,4H2,1-3H3,(H,10,12)(H,11,13). The highest BCUT2D eigenvalue weighted by molar-refractivity contribution is 7.80. The molecule has 13 heavy (non-hydrogen) atoms. The van der Waals surface area contributed by atoms with Crippen molar-refractivity contribution in [3.05, 3.63) is 17.7 Å². The van der Waals surface area contributed by atoms with E-state index in [1.807, 2.05) is 6.92 Å². The van der Waals surface area contributed by atoms with Crippen LogP contribution in [0, 0.1) is 12.8 Å². The van der Waals surface area contributed by atoms with Crippen molar-refractivity contribution in [2.45, 2.75) is 20.8 Å². The summed E-state index contributed by atoms with van der Waals surface area (Å²) < 4.78 is 0. The van der Waals surface area contributed by atoms with E-state index < -0.39 is 0 Å². The molecule has 0 fully saturated rings. The van der Waals surface area contributed by atoms with Crippen LogP contribution in [0.25, 0.3) is 0 Å². The maximum atomic E-state index is 5.17. The van der Waals surface area contributed by atoms with Crippen LogP contribution in [-0.4, -0.2) is 21.5 Å². The molecule has 0 amide bonds. The third kappa shape index (κ3) is 3.14. The van der Waals surface area contributed by atoms with E-state index in [1.54, 1.807) is 6.20 Å². The lowest BCUT2D eigenvalue weighted by atomic mass is 10.2. The number of thiocarbonyl (C=S) groups is 1. The van der Waals surface area contributed by atoms with Crippen LogP contribution in [0.5, 0.6) is 0 Å². The zero-order valence-corrected chi connectivity index (χ0v) is 9.03. The van der Waals surface area contributed by atoms with Crippen LogP contribution in [-0.2, 0) is 0 Å². The second-order valence-corrected chi connectivity index (χ2v) is 3.89. The average Bonchev–Trinajstić information content (AvgIpc) is 2.47. The van der Waals surface area contributed by atoms with E-state index in [1.165, 1.54) is 0 Å². The molecule has 0 saturated heterocycles. The van der Waals surface area contributed by atoms with E-state index in [2.05, 4.69) is 29.1 Å². The molecule has 0 aromatic carbocycles. The molecule has 1 rings (SSSR count).